The molecular weight excluding hydrogens is 494 g/mol. The Bertz CT molecular complexity index is 1340. The quantitative estimate of drug-likeness (QED) is 0.417. The van der Waals surface area contributed by atoms with Crippen LogP contribution >= 0.6 is 0 Å². The number of hydrogen-bond acceptors (Lipinski definition) is 7. The van der Waals surface area contributed by atoms with Crippen molar-refractivity contribution in [2.45, 2.75) is 83.5 Å². The standard InChI is InChI=1S/C31H39N3O5/c1-28(2,3)38-27(35)34-18-30(6,19-34)31(37,23-14-12-21(13-15-23)20-10-11-20)24-9-7-8-22(16-24)26-32-25(33-39-26)17-29(4,5)36/h7-9,12-16,20,36-37H,10-11,17-19H2,1-6H3/t31-/m0/s1. The van der Waals surface area contributed by atoms with Crippen molar-refractivity contribution in [2.24, 2.45) is 5.41 Å². The van der Waals surface area contributed by atoms with Gasteiger partial charge >= 0.3 is 6.09 Å². The maximum absolute atomic E-state index is 12.8. The number of carbonyl (C=O) groups excluding carboxylic acids is 1. The minimum atomic E-state index is -1.40. The van der Waals surface area contributed by atoms with Crippen molar-refractivity contribution >= 4 is 6.09 Å². The summed E-state index contributed by atoms with van der Waals surface area (Å²) in [6.45, 7) is 11.6. The third kappa shape index (κ3) is 5.58. The first-order chi connectivity index (χ1) is 18.2. The summed E-state index contributed by atoms with van der Waals surface area (Å²) in [5, 5.41) is 26.8. The average Bonchev–Trinajstić information content (AvgIpc) is 3.58. The molecule has 8 nitrogen and oxygen atoms in total. The molecule has 2 fully saturated rings. The van der Waals surface area contributed by atoms with E-state index in [1.54, 1.807) is 18.7 Å². The van der Waals surface area contributed by atoms with Gasteiger partial charge in [-0.2, -0.15) is 4.98 Å². The third-order valence-corrected chi connectivity index (χ3v) is 7.57. The molecule has 39 heavy (non-hydrogen) atoms. The number of likely N-dealkylation sites (tertiary alicyclic amines) is 1. The molecule has 3 aromatic rings. The second kappa shape index (κ2) is 9.45. The first-order valence-corrected chi connectivity index (χ1v) is 13.6. The molecule has 1 atom stereocenters. The van der Waals surface area contributed by atoms with E-state index >= 15 is 0 Å². The lowest BCUT2D eigenvalue weighted by Crippen LogP contribution is -2.66. The lowest BCUT2D eigenvalue weighted by molar-refractivity contribution is -0.131. The van der Waals surface area contributed by atoms with E-state index in [2.05, 4.69) is 22.3 Å². The molecule has 1 saturated heterocycles. The van der Waals surface area contributed by atoms with Crippen LogP contribution in [0.2, 0.25) is 0 Å². The minimum Gasteiger partial charge on any atom is -0.444 e. The van der Waals surface area contributed by atoms with Crippen LogP contribution in [0.3, 0.4) is 0 Å². The number of aromatic nitrogens is 2. The lowest BCUT2D eigenvalue weighted by Gasteiger charge is -2.56. The molecule has 1 aliphatic heterocycles. The number of benzene rings is 2. The minimum absolute atomic E-state index is 0.256. The Morgan fingerprint density at radius 2 is 1.72 bits per heavy atom. The monoisotopic (exact) mass is 533 g/mol. The summed E-state index contributed by atoms with van der Waals surface area (Å²) in [6, 6.07) is 15.7. The predicted octanol–water partition coefficient (Wildman–Crippen LogP) is 5.42. The Hall–Kier alpha value is -3.23. The van der Waals surface area contributed by atoms with Gasteiger partial charge in [-0.1, -0.05) is 48.5 Å². The van der Waals surface area contributed by atoms with Gasteiger partial charge in [-0.25, -0.2) is 4.79 Å². The lowest BCUT2D eigenvalue weighted by atomic mass is 9.61. The highest BCUT2D eigenvalue weighted by atomic mass is 16.6. The summed E-state index contributed by atoms with van der Waals surface area (Å²) in [5.74, 6) is 1.33. The topological polar surface area (TPSA) is 109 Å². The number of aliphatic hydroxyl groups is 2. The van der Waals surface area contributed by atoms with Gasteiger partial charge in [0.1, 0.15) is 11.2 Å². The number of rotatable bonds is 7. The second-order valence-corrected chi connectivity index (χ2v) is 13.1. The highest BCUT2D eigenvalue weighted by molar-refractivity contribution is 5.70. The Balaban J connectivity index is 1.50. The summed E-state index contributed by atoms with van der Waals surface area (Å²) in [4.78, 5) is 18.9. The molecule has 2 aromatic carbocycles. The first-order valence-electron chi connectivity index (χ1n) is 13.6. The van der Waals surface area contributed by atoms with Crippen LogP contribution in [0.1, 0.15) is 82.8 Å². The number of hydrogen-bond donors (Lipinski definition) is 2. The fourth-order valence-corrected chi connectivity index (χ4v) is 5.46. The SMILES string of the molecule is CC(C)(O)Cc1noc(-c2cccc([C@@](O)(c3ccc(C4CC4)cc3)C3(C)CN(C(=O)OC(C)(C)C)C3)c2)n1. The van der Waals surface area contributed by atoms with Crippen LogP contribution in [-0.4, -0.2) is 55.6 Å². The van der Waals surface area contributed by atoms with E-state index in [9.17, 15) is 15.0 Å². The molecule has 5 rings (SSSR count). The molecule has 1 aliphatic carbocycles. The van der Waals surface area contributed by atoms with E-state index in [0.717, 1.165) is 5.56 Å². The summed E-state index contributed by atoms with van der Waals surface area (Å²) in [7, 11) is 0. The van der Waals surface area contributed by atoms with Crippen LogP contribution in [-0.2, 0) is 16.8 Å². The van der Waals surface area contributed by atoms with Crippen LogP contribution in [0.15, 0.2) is 53.1 Å². The van der Waals surface area contributed by atoms with Gasteiger partial charge in [-0.05, 0) is 82.2 Å². The summed E-state index contributed by atoms with van der Waals surface area (Å²) in [5.41, 5.74) is -0.244. The number of carbonyl (C=O) groups is 1. The zero-order chi connectivity index (χ0) is 28.2. The van der Waals surface area contributed by atoms with Gasteiger partial charge in [0.2, 0.25) is 0 Å². The predicted molar refractivity (Wildman–Crippen MR) is 147 cm³/mol. The van der Waals surface area contributed by atoms with Crippen molar-refractivity contribution < 1.29 is 24.3 Å². The molecular formula is C31H39N3O5. The van der Waals surface area contributed by atoms with E-state index in [0.29, 0.717) is 41.8 Å². The molecule has 0 bridgehead atoms. The number of nitrogens with zero attached hydrogens (tertiary/aromatic N) is 3. The van der Waals surface area contributed by atoms with Gasteiger partial charge < -0.3 is 24.4 Å². The molecule has 2 heterocycles. The van der Waals surface area contributed by atoms with Crippen LogP contribution < -0.4 is 0 Å². The number of amides is 1. The highest BCUT2D eigenvalue weighted by Gasteiger charge is 2.58. The van der Waals surface area contributed by atoms with Gasteiger partial charge in [-0.15, -0.1) is 0 Å². The molecule has 8 heteroatoms. The Morgan fingerprint density at radius 1 is 1.05 bits per heavy atom. The maximum Gasteiger partial charge on any atom is 0.410 e. The Morgan fingerprint density at radius 3 is 2.31 bits per heavy atom. The average molecular weight is 534 g/mol. The second-order valence-electron chi connectivity index (χ2n) is 13.1. The van der Waals surface area contributed by atoms with Gasteiger partial charge in [0.25, 0.3) is 5.89 Å². The van der Waals surface area contributed by atoms with Crippen LogP contribution in [0, 0.1) is 5.41 Å². The molecule has 0 unspecified atom stereocenters. The zero-order valence-electron chi connectivity index (χ0n) is 23.7. The van der Waals surface area contributed by atoms with Crippen LogP contribution in [0.4, 0.5) is 4.79 Å². The molecule has 1 saturated carbocycles. The molecule has 208 valence electrons. The Kier molecular flexibility index (Phi) is 6.63. The smallest absolute Gasteiger partial charge is 0.410 e. The molecule has 1 amide bonds. The van der Waals surface area contributed by atoms with Gasteiger partial charge in [-0.3, -0.25) is 0 Å². The van der Waals surface area contributed by atoms with Crippen molar-refractivity contribution in [3.05, 3.63) is 71.0 Å². The van der Waals surface area contributed by atoms with Gasteiger partial charge in [0.15, 0.2) is 5.82 Å². The van der Waals surface area contributed by atoms with Crippen molar-refractivity contribution in [3.8, 4) is 11.5 Å². The fraction of sp³-hybridized carbons (Fsp3) is 0.516. The van der Waals surface area contributed by atoms with E-state index < -0.39 is 22.2 Å². The van der Waals surface area contributed by atoms with E-state index in [-0.39, 0.29) is 12.5 Å². The van der Waals surface area contributed by atoms with Crippen LogP contribution in [0.5, 0.6) is 0 Å². The first kappa shape index (κ1) is 27.3. The van der Waals surface area contributed by atoms with Crippen molar-refractivity contribution in [3.63, 3.8) is 0 Å². The van der Waals surface area contributed by atoms with E-state index in [1.807, 2.05) is 64.1 Å². The normalized spacial score (nSPS) is 18.8. The molecule has 0 radical (unpaired) electrons. The maximum atomic E-state index is 12.8. The fourth-order valence-electron chi connectivity index (χ4n) is 5.46. The highest BCUT2D eigenvalue weighted by Crippen LogP contribution is 2.52. The molecule has 1 aromatic heterocycles. The summed E-state index contributed by atoms with van der Waals surface area (Å²) in [6.07, 6.45) is 2.28. The Labute approximate surface area is 230 Å². The molecule has 2 aliphatic rings. The van der Waals surface area contributed by atoms with Gasteiger partial charge in [0.05, 0.1) is 5.60 Å². The summed E-state index contributed by atoms with van der Waals surface area (Å²) >= 11 is 0. The third-order valence-electron chi connectivity index (χ3n) is 7.57. The molecule has 0 spiro atoms. The number of ether oxygens (including phenoxy) is 1. The molecule has 2 N–H and O–H groups in total. The zero-order valence-corrected chi connectivity index (χ0v) is 23.7. The van der Waals surface area contributed by atoms with Crippen molar-refractivity contribution in [2.75, 3.05) is 13.1 Å². The van der Waals surface area contributed by atoms with Crippen LogP contribution in [0.25, 0.3) is 11.5 Å². The van der Waals surface area contributed by atoms with E-state index in [1.165, 1.54) is 18.4 Å². The van der Waals surface area contributed by atoms with Crippen molar-refractivity contribution in [1.82, 2.24) is 15.0 Å². The van der Waals surface area contributed by atoms with Gasteiger partial charge in [0, 0.05) is 30.5 Å². The largest absolute Gasteiger partial charge is 0.444 e. The summed E-state index contributed by atoms with van der Waals surface area (Å²) < 4.78 is 11.1. The van der Waals surface area contributed by atoms with E-state index in [4.69, 9.17) is 9.26 Å². The van der Waals surface area contributed by atoms with Crippen molar-refractivity contribution in [1.29, 1.82) is 0 Å².